The summed E-state index contributed by atoms with van der Waals surface area (Å²) < 4.78 is 0. The van der Waals surface area contributed by atoms with Crippen molar-refractivity contribution in [2.24, 2.45) is 5.92 Å². The minimum absolute atomic E-state index is 0.280. The lowest BCUT2D eigenvalue weighted by Crippen LogP contribution is -2.31. The van der Waals surface area contributed by atoms with E-state index in [0.29, 0.717) is 29.2 Å². The smallest absolute Gasteiger partial charge is 0.261 e. The van der Waals surface area contributed by atoms with Gasteiger partial charge in [0.25, 0.3) is 17.7 Å². The predicted molar refractivity (Wildman–Crippen MR) is 105 cm³/mol. The standard InChI is InChI=1S/C22H24N2O3/c1-13(2)10-11-24-21(26)17-9-8-16(12-18(17)22(24)27)20(25)23-19-7-5-6-14(3)15(19)4/h5-9,12-13H,10-11H2,1-4H3,(H,23,25). The first-order valence-corrected chi connectivity index (χ1v) is 9.17. The Balaban J connectivity index is 1.83. The summed E-state index contributed by atoms with van der Waals surface area (Å²) in [6, 6.07) is 10.4. The third-order valence-corrected chi connectivity index (χ3v) is 5.02. The maximum atomic E-state index is 12.6. The monoisotopic (exact) mass is 364 g/mol. The Bertz CT molecular complexity index is 931. The Labute approximate surface area is 159 Å². The zero-order chi connectivity index (χ0) is 19.7. The summed E-state index contributed by atoms with van der Waals surface area (Å²) in [6.45, 7) is 8.43. The van der Waals surface area contributed by atoms with E-state index in [0.717, 1.165) is 23.2 Å². The van der Waals surface area contributed by atoms with Crippen molar-refractivity contribution in [1.82, 2.24) is 4.90 Å². The summed E-state index contributed by atoms with van der Waals surface area (Å²) in [6.07, 6.45) is 0.755. The molecular formula is C22H24N2O3. The largest absolute Gasteiger partial charge is 0.322 e. The van der Waals surface area contributed by atoms with Gasteiger partial charge < -0.3 is 5.32 Å². The molecule has 0 bridgehead atoms. The average molecular weight is 364 g/mol. The number of fused-ring (bicyclic) bond motifs is 1. The molecule has 3 amide bonds. The van der Waals surface area contributed by atoms with Gasteiger partial charge in [0.2, 0.25) is 0 Å². The molecule has 0 saturated heterocycles. The van der Waals surface area contributed by atoms with Gasteiger partial charge in [-0.05, 0) is 61.6 Å². The molecule has 2 aromatic rings. The Hall–Kier alpha value is -2.95. The van der Waals surface area contributed by atoms with Crippen LogP contribution in [0.2, 0.25) is 0 Å². The fourth-order valence-electron chi connectivity index (χ4n) is 3.10. The van der Waals surface area contributed by atoms with Gasteiger partial charge in [-0.3, -0.25) is 19.3 Å². The van der Waals surface area contributed by atoms with Crippen molar-refractivity contribution in [3.63, 3.8) is 0 Å². The Kier molecular flexibility index (Phi) is 5.13. The molecule has 0 spiro atoms. The van der Waals surface area contributed by atoms with E-state index in [4.69, 9.17) is 0 Å². The summed E-state index contributed by atoms with van der Waals surface area (Å²) in [5.74, 6) is -0.505. The third kappa shape index (κ3) is 3.63. The highest BCUT2D eigenvalue weighted by Crippen LogP contribution is 2.26. The lowest BCUT2D eigenvalue weighted by atomic mass is 10.0. The highest BCUT2D eigenvalue weighted by molar-refractivity contribution is 6.22. The number of imide groups is 1. The number of nitrogens with zero attached hydrogens (tertiary/aromatic N) is 1. The van der Waals surface area contributed by atoms with Crippen molar-refractivity contribution < 1.29 is 14.4 Å². The van der Waals surface area contributed by atoms with E-state index in [1.165, 1.54) is 11.0 Å². The summed E-state index contributed by atoms with van der Waals surface area (Å²) in [5, 5.41) is 2.89. The van der Waals surface area contributed by atoms with Gasteiger partial charge in [-0.1, -0.05) is 26.0 Å². The van der Waals surface area contributed by atoms with E-state index in [1.54, 1.807) is 12.1 Å². The SMILES string of the molecule is Cc1cccc(NC(=O)c2ccc3c(c2)C(=O)N(CCC(C)C)C3=O)c1C. The van der Waals surface area contributed by atoms with Gasteiger partial charge in [0.1, 0.15) is 0 Å². The predicted octanol–water partition coefficient (Wildman–Crippen LogP) is 4.20. The van der Waals surface area contributed by atoms with Gasteiger partial charge in [0.05, 0.1) is 11.1 Å². The molecule has 0 aromatic heterocycles. The molecule has 0 saturated carbocycles. The van der Waals surface area contributed by atoms with Gasteiger partial charge >= 0.3 is 0 Å². The first-order chi connectivity index (χ1) is 12.8. The van der Waals surface area contributed by atoms with Crippen molar-refractivity contribution in [3.05, 3.63) is 64.2 Å². The molecule has 5 nitrogen and oxygen atoms in total. The normalized spacial score (nSPS) is 13.3. The Morgan fingerprint density at radius 3 is 2.44 bits per heavy atom. The van der Waals surface area contributed by atoms with Crippen LogP contribution in [0.1, 0.15) is 62.5 Å². The van der Waals surface area contributed by atoms with E-state index in [9.17, 15) is 14.4 Å². The van der Waals surface area contributed by atoms with E-state index in [-0.39, 0.29) is 17.7 Å². The topological polar surface area (TPSA) is 66.5 Å². The van der Waals surface area contributed by atoms with E-state index >= 15 is 0 Å². The molecule has 0 aliphatic carbocycles. The zero-order valence-electron chi connectivity index (χ0n) is 16.1. The molecular weight excluding hydrogens is 340 g/mol. The second kappa shape index (κ2) is 7.35. The maximum absolute atomic E-state index is 12.6. The van der Waals surface area contributed by atoms with Crippen molar-refractivity contribution in [2.45, 2.75) is 34.1 Å². The van der Waals surface area contributed by atoms with Gasteiger partial charge in [-0.15, -0.1) is 0 Å². The van der Waals surface area contributed by atoms with Gasteiger partial charge in [0.15, 0.2) is 0 Å². The number of aryl methyl sites for hydroxylation is 1. The maximum Gasteiger partial charge on any atom is 0.261 e. The molecule has 2 aromatic carbocycles. The van der Waals surface area contributed by atoms with E-state index in [2.05, 4.69) is 5.32 Å². The number of carbonyl (C=O) groups excluding carboxylic acids is 3. The third-order valence-electron chi connectivity index (χ3n) is 5.02. The molecule has 1 heterocycles. The van der Waals surface area contributed by atoms with Gasteiger partial charge in [0, 0.05) is 17.8 Å². The molecule has 0 fully saturated rings. The van der Waals surface area contributed by atoms with Crippen LogP contribution in [0.3, 0.4) is 0 Å². The Morgan fingerprint density at radius 1 is 1.04 bits per heavy atom. The summed E-state index contributed by atoms with van der Waals surface area (Å²) >= 11 is 0. The lowest BCUT2D eigenvalue weighted by Gasteiger charge is -2.14. The summed E-state index contributed by atoms with van der Waals surface area (Å²) in [5.41, 5.74) is 3.86. The first kappa shape index (κ1) is 18.8. The highest BCUT2D eigenvalue weighted by atomic mass is 16.2. The molecule has 1 N–H and O–H groups in total. The minimum Gasteiger partial charge on any atom is -0.322 e. The van der Waals surface area contributed by atoms with Crippen LogP contribution < -0.4 is 5.32 Å². The number of hydrogen-bond donors (Lipinski definition) is 1. The molecule has 27 heavy (non-hydrogen) atoms. The van der Waals surface area contributed by atoms with Crippen LogP contribution in [0.25, 0.3) is 0 Å². The number of carbonyl (C=O) groups is 3. The molecule has 0 radical (unpaired) electrons. The van der Waals surface area contributed by atoms with E-state index in [1.807, 2.05) is 45.9 Å². The molecule has 3 rings (SSSR count). The number of nitrogens with one attached hydrogen (secondary N) is 1. The molecule has 5 heteroatoms. The fraction of sp³-hybridized carbons (Fsp3) is 0.318. The number of anilines is 1. The second-order valence-corrected chi connectivity index (χ2v) is 7.41. The van der Waals surface area contributed by atoms with Crippen molar-refractivity contribution in [2.75, 3.05) is 11.9 Å². The number of hydrogen-bond acceptors (Lipinski definition) is 3. The quantitative estimate of drug-likeness (QED) is 0.809. The summed E-state index contributed by atoms with van der Waals surface area (Å²) in [4.78, 5) is 39.0. The van der Waals surface area contributed by atoms with Crippen molar-refractivity contribution >= 4 is 23.4 Å². The van der Waals surface area contributed by atoms with Crippen LogP contribution in [0.15, 0.2) is 36.4 Å². The van der Waals surface area contributed by atoms with Crippen molar-refractivity contribution in [1.29, 1.82) is 0 Å². The Morgan fingerprint density at radius 2 is 1.74 bits per heavy atom. The number of rotatable bonds is 5. The molecule has 1 aliphatic rings. The van der Waals surface area contributed by atoms with Crippen LogP contribution in [-0.2, 0) is 0 Å². The molecule has 140 valence electrons. The lowest BCUT2D eigenvalue weighted by molar-refractivity contribution is 0.0647. The van der Waals surface area contributed by atoms with Crippen molar-refractivity contribution in [3.8, 4) is 0 Å². The zero-order valence-corrected chi connectivity index (χ0v) is 16.1. The summed E-state index contributed by atoms with van der Waals surface area (Å²) in [7, 11) is 0. The van der Waals surface area contributed by atoms with E-state index < -0.39 is 0 Å². The van der Waals surface area contributed by atoms with Crippen LogP contribution >= 0.6 is 0 Å². The molecule has 0 atom stereocenters. The minimum atomic E-state index is -0.322. The highest BCUT2D eigenvalue weighted by Gasteiger charge is 2.35. The van der Waals surface area contributed by atoms with Crippen LogP contribution in [-0.4, -0.2) is 29.2 Å². The van der Waals surface area contributed by atoms with Crippen LogP contribution in [0.5, 0.6) is 0 Å². The number of amides is 3. The first-order valence-electron chi connectivity index (χ1n) is 9.17. The molecule has 1 aliphatic heterocycles. The molecule has 0 unspecified atom stereocenters. The second-order valence-electron chi connectivity index (χ2n) is 7.41. The average Bonchev–Trinajstić information content (AvgIpc) is 2.87. The van der Waals surface area contributed by atoms with Crippen LogP contribution in [0, 0.1) is 19.8 Å². The fourth-order valence-corrected chi connectivity index (χ4v) is 3.10. The van der Waals surface area contributed by atoms with Gasteiger partial charge in [-0.2, -0.15) is 0 Å². The van der Waals surface area contributed by atoms with Gasteiger partial charge in [-0.25, -0.2) is 0 Å². The van der Waals surface area contributed by atoms with Crippen LogP contribution in [0.4, 0.5) is 5.69 Å². The number of benzene rings is 2.